The number of hydrogen-bond acceptors (Lipinski definition) is 3. The summed E-state index contributed by atoms with van der Waals surface area (Å²) in [5, 5.41) is 8.68. The van der Waals surface area contributed by atoms with E-state index < -0.39 is 0 Å². The molecule has 0 saturated carbocycles. The molecule has 0 bridgehead atoms. The fourth-order valence-electron chi connectivity index (χ4n) is 2.01. The van der Waals surface area contributed by atoms with Gasteiger partial charge in [0.1, 0.15) is 0 Å². The molecule has 0 fully saturated rings. The van der Waals surface area contributed by atoms with Crippen molar-refractivity contribution < 1.29 is 4.52 Å². The number of aryl methyl sites for hydroxylation is 1. The Hall–Kier alpha value is -1.35. The van der Waals surface area contributed by atoms with Crippen LogP contribution in [0, 0.1) is 6.92 Å². The molecular formula is C14H20N2O. The highest BCUT2D eigenvalue weighted by molar-refractivity contribution is 5.82. The zero-order valence-electron chi connectivity index (χ0n) is 11.0. The van der Waals surface area contributed by atoms with Gasteiger partial charge in [-0.1, -0.05) is 17.3 Å². The quantitative estimate of drug-likeness (QED) is 0.883. The Morgan fingerprint density at radius 2 is 2.06 bits per heavy atom. The van der Waals surface area contributed by atoms with Gasteiger partial charge in [0.15, 0.2) is 5.58 Å². The van der Waals surface area contributed by atoms with Crippen molar-refractivity contribution >= 4 is 11.0 Å². The normalized spacial score (nSPS) is 12.2. The van der Waals surface area contributed by atoms with Gasteiger partial charge in [-0.05, 0) is 52.3 Å². The van der Waals surface area contributed by atoms with Crippen LogP contribution in [0.5, 0.6) is 0 Å². The molecule has 0 aliphatic heterocycles. The minimum Gasteiger partial charge on any atom is -0.356 e. The lowest BCUT2D eigenvalue weighted by atomic mass is 10.0. The van der Waals surface area contributed by atoms with Crippen molar-refractivity contribution in [3.8, 4) is 0 Å². The molecule has 0 unspecified atom stereocenters. The smallest absolute Gasteiger partial charge is 0.167 e. The largest absolute Gasteiger partial charge is 0.356 e. The maximum atomic E-state index is 5.27. The van der Waals surface area contributed by atoms with Crippen LogP contribution in [0.1, 0.15) is 32.0 Å². The summed E-state index contributed by atoms with van der Waals surface area (Å²) in [4.78, 5) is 0. The Balaban J connectivity index is 2.16. The zero-order valence-corrected chi connectivity index (χ0v) is 11.0. The van der Waals surface area contributed by atoms with E-state index in [9.17, 15) is 0 Å². The summed E-state index contributed by atoms with van der Waals surface area (Å²) >= 11 is 0. The number of nitrogens with one attached hydrogen (secondary N) is 1. The van der Waals surface area contributed by atoms with E-state index in [4.69, 9.17) is 4.52 Å². The summed E-state index contributed by atoms with van der Waals surface area (Å²) < 4.78 is 5.27. The average Bonchev–Trinajstić information content (AvgIpc) is 2.60. The van der Waals surface area contributed by atoms with Gasteiger partial charge in [0.2, 0.25) is 0 Å². The first-order chi connectivity index (χ1) is 7.97. The molecule has 0 aliphatic carbocycles. The molecule has 17 heavy (non-hydrogen) atoms. The second-order valence-electron chi connectivity index (χ2n) is 5.49. The molecule has 3 nitrogen and oxygen atoms in total. The number of nitrogens with zero attached hydrogens (tertiary/aromatic N) is 1. The molecule has 0 saturated heterocycles. The van der Waals surface area contributed by atoms with Gasteiger partial charge in [-0.2, -0.15) is 0 Å². The van der Waals surface area contributed by atoms with Gasteiger partial charge < -0.3 is 9.84 Å². The van der Waals surface area contributed by atoms with Gasteiger partial charge in [0.05, 0.1) is 5.69 Å². The fourth-order valence-corrected chi connectivity index (χ4v) is 2.01. The molecule has 0 spiro atoms. The Labute approximate surface area is 102 Å². The molecule has 92 valence electrons. The van der Waals surface area contributed by atoms with E-state index in [1.807, 2.05) is 19.1 Å². The molecule has 0 atom stereocenters. The third-order valence-electron chi connectivity index (χ3n) is 2.80. The SMILES string of the molecule is Cc1noc2cccc(CCNC(C)(C)C)c12. The van der Waals surface area contributed by atoms with E-state index in [1.54, 1.807) is 0 Å². The zero-order chi connectivity index (χ0) is 12.5. The Morgan fingerprint density at radius 1 is 1.29 bits per heavy atom. The predicted molar refractivity (Wildman–Crippen MR) is 70.2 cm³/mol. The van der Waals surface area contributed by atoms with Gasteiger partial charge in [0.25, 0.3) is 0 Å². The Morgan fingerprint density at radius 3 is 2.76 bits per heavy atom. The minimum atomic E-state index is 0.164. The van der Waals surface area contributed by atoms with Crippen molar-refractivity contribution in [1.82, 2.24) is 10.5 Å². The number of hydrogen-bond donors (Lipinski definition) is 1. The van der Waals surface area contributed by atoms with Gasteiger partial charge >= 0.3 is 0 Å². The van der Waals surface area contributed by atoms with Crippen LogP contribution >= 0.6 is 0 Å². The summed E-state index contributed by atoms with van der Waals surface area (Å²) in [5.74, 6) is 0. The second-order valence-corrected chi connectivity index (χ2v) is 5.49. The number of aromatic nitrogens is 1. The van der Waals surface area contributed by atoms with E-state index in [1.165, 1.54) is 10.9 Å². The monoisotopic (exact) mass is 232 g/mol. The Bertz CT molecular complexity index is 508. The minimum absolute atomic E-state index is 0.164. The topological polar surface area (TPSA) is 38.1 Å². The summed E-state index contributed by atoms with van der Waals surface area (Å²) in [6, 6.07) is 6.15. The Kier molecular flexibility index (Phi) is 3.20. The summed E-state index contributed by atoms with van der Waals surface area (Å²) in [6.45, 7) is 9.49. The molecule has 1 heterocycles. The lowest BCUT2D eigenvalue weighted by Gasteiger charge is -2.20. The van der Waals surface area contributed by atoms with Gasteiger partial charge in [-0.25, -0.2) is 0 Å². The van der Waals surface area contributed by atoms with Crippen LogP contribution in [0.4, 0.5) is 0 Å². The van der Waals surface area contributed by atoms with Gasteiger partial charge in [-0.15, -0.1) is 0 Å². The molecule has 2 rings (SSSR count). The highest BCUT2D eigenvalue weighted by Gasteiger charge is 2.11. The number of fused-ring (bicyclic) bond motifs is 1. The molecule has 3 heteroatoms. The maximum Gasteiger partial charge on any atom is 0.167 e. The van der Waals surface area contributed by atoms with Gasteiger partial charge in [-0.3, -0.25) is 0 Å². The van der Waals surface area contributed by atoms with Crippen LogP contribution in [0.2, 0.25) is 0 Å². The molecule has 1 aromatic heterocycles. The van der Waals surface area contributed by atoms with Crippen LogP contribution in [-0.4, -0.2) is 17.2 Å². The predicted octanol–water partition coefficient (Wildman–Crippen LogP) is 3.07. The number of rotatable bonds is 3. The average molecular weight is 232 g/mol. The molecule has 0 amide bonds. The van der Waals surface area contributed by atoms with Crippen molar-refractivity contribution in [2.24, 2.45) is 0 Å². The van der Waals surface area contributed by atoms with E-state index >= 15 is 0 Å². The highest BCUT2D eigenvalue weighted by atomic mass is 16.5. The molecular weight excluding hydrogens is 212 g/mol. The first kappa shape index (κ1) is 12.1. The van der Waals surface area contributed by atoms with Crippen molar-refractivity contribution in [3.05, 3.63) is 29.5 Å². The maximum absolute atomic E-state index is 5.27. The summed E-state index contributed by atoms with van der Waals surface area (Å²) in [6.07, 6.45) is 0.997. The lowest BCUT2D eigenvalue weighted by Crippen LogP contribution is -2.37. The first-order valence-electron chi connectivity index (χ1n) is 6.06. The lowest BCUT2D eigenvalue weighted by molar-refractivity contribution is 0.430. The standard InChI is InChI=1S/C14H20N2O/c1-10-13-11(8-9-15-14(2,3)4)6-5-7-12(13)17-16-10/h5-7,15H,8-9H2,1-4H3. The van der Waals surface area contributed by atoms with Crippen LogP contribution in [0.15, 0.2) is 22.7 Å². The van der Waals surface area contributed by atoms with Gasteiger partial charge in [0, 0.05) is 10.9 Å². The van der Waals surface area contributed by atoms with E-state index in [2.05, 4.69) is 37.3 Å². The summed E-state index contributed by atoms with van der Waals surface area (Å²) in [5.41, 5.74) is 3.33. The first-order valence-corrected chi connectivity index (χ1v) is 6.06. The van der Waals surface area contributed by atoms with Crippen LogP contribution in [0.25, 0.3) is 11.0 Å². The third-order valence-corrected chi connectivity index (χ3v) is 2.80. The number of benzene rings is 1. The molecule has 2 aromatic rings. The van der Waals surface area contributed by atoms with Crippen molar-refractivity contribution in [2.45, 2.75) is 39.7 Å². The second kappa shape index (κ2) is 4.49. The van der Waals surface area contributed by atoms with Crippen LogP contribution in [-0.2, 0) is 6.42 Å². The summed E-state index contributed by atoms with van der Waals surface area (Å²) in [7, 11) is 0. The highest BCUT2D eigenvalue weighted by Crippen LogP contribution is 2.22. The van der Waals surface area contributed by atoms with E-state index in [-0.39, 0.29) is 5.54 Å². The van der Waals surface area contributed by atoms with Crippen LogP contribution in [0.3, 0.4) is 0 Å². The third kappa shape index (κ3) is 2.86. The van der Waals surface area contributed by atoms with E-state index in [0.717, 1.165) is 24.2 Å². The molecule has 1 N–H and O–H groups in total. The molecule has 1 aromatic carbocycles. The molecule has 0 aliphatic rings. The van der Waals surface area contributed by atoms with Crippen molar-refractivity contribution in [3.63, 3.8) is 0 Å². The van der Waals surface area contributed by atoms with Crippen LogP contribution < -0.4 is 5.32 Å². The fraction of sp³-hybridized carbons (Fsp3) is 0.500. The van der Waals surface area contributed by atoms with E-state index in [0.29, 0.717) is 0 Å². The van der Waals surface area contributed by atoms with Crippen molar-refractivity contribution in [2.75, 3.05) is 6.54 Å². The molecule has 0 radical (unpaired) electrons. The van der Waals surface area contributed by atoms with Crippen molar-refractivity contribution in [1.29, 1.82) is 0 Å².